The summed E-state index contributed by atoms with van der Waals surface area (Å²) < 4.78 is 0. The number of hydrogen-bond acceptors (Lipinski definition) is 3. The fraction of sp³-hybridized carbons (Fsp3) is 0.500. The molecule has 1 aliphatic rings. The summed E-state index contributed by atoms with van der Waals surface area (Å²) in [6.45, 7) is 3.04. The van der Waals surface area contributed by atoms with Gasteiger partial charge in [-0.1, -0.05) is 11.8 Å². The molecule has 0 spiro atoms. The Morgan fingerprint density at radius 2 is 2.12 bits per heavy atom. The fourth-order valence-corrected chi connectivity index (χ4v) is 1.39. The van der Waals surface area contributed by atoms with E-state index in [-0.39, 0.29) is 0 Å². The third-order valence-corrected chi connectivity index (χ3v) is 2.74. The minimum absolute atomic E-state index is 0.349. The van der Waals surface area contributed by atoms with Crippen LogP contribution in [0.25, 0.3) is 0 Å². The average Bonchev–Trinajstić information content (AvgIpc) is 2.94. The minimum Gasteiger partial charge on any atom is -0.478 e. The topological polar surface area (TPSA) is 81.3 Å². The second-order valence-electron chi connectivity index (χ2n) is 4.18. The molecule has 1 atom stereocenters. The number of carboxylic acids is 1. The van der Waals surface area contributed by atoms with Crippen LogP contribution < -0.4 is 0 Å². The van der Waals surface area contributed by atoms with Gasteiger partial charge in [-0.15, -0.1) is 0 Å². The summed E-state index contributed by atoms with van der Waals surface area (Å²) in [5, 5.41) is 27.4. The molecule has 0 amide bonds. The van der Waals surface area contributed by atoms with Gasteiger partial charge in [0.15, 0.2) is 0 Å². The quantitative estimate of drug-likeness (QED) is 0.537. The Kier molecular flexibility index (Phi) is 3.07. The van der Waals surface area contributed by atoms with Crippen molar-refractivity contribution in [3.05, 3.63) is 11.6 Å². The third-order valence-electron chi connectivity index (χ3n) is 2.74. The first-order chi connectivity index (χ1) is 7.33. The lowest BCUT2D eigenvalue weighted by Gasteiger charge is -2.21. The van der Waals surface area contributed by atoms with Crippen molar-refractivity contribution in [3.8, 4) is 17.9 Å². The number of nitrogens with zero attached hydrogens (tertiary/aromatic N) is 1. The van der Waals surface area contributed by atoms with Crippen LogP contribution in [0.1, 0.15) is 26.7 Å². The molecule has 4 heteroatoms. The van der Waals surface area contributed by atoms with Gasteiger partial charge in [0.2, 0.25) is 0 Å². The molecule has 0 bridgehead atoms. The summed E-state index contributed by atoms with van der Waals surface area (Å²) in [6, 6.07) is 2.07. The van der Waals surface area contributed by atoms with E-state index in [4.69, 9.17) is 10.4 Å². The molecular formula is C12H13NO3. The SMILES string of the molecule is C/C(C#C[C@@](C)(O)C1(C#N)CC1)=C/C(=O)O. The number of carbonyl (C=O) groups is 1. The highest BCUT2D eigenvalue weighted by molar-refractivity contribution is 5.81. The molecule has 1 fully saturated rings. The van der Waals surface area contributed by atoms with Crippen molar-refractivity contribution in [1.82, 2.24) is 0 Å². The van der Waals surface area contributed by atoms with Crippen LogP contribution in [0.4, 0.5) is 0 Å². The molecule has 0 aromatic carbocycles. The van der Waals surface area contributed by atoms with Crippen molar-refractivity contribution in [2.75, 3.05) is 0 Å². The highest BCUT2D eigenvalue weighted by atomic mass is 16.4. The maximum absolute atomic E-state index is 10.3. The summed E-state index contributed by atoms with van der Waals surface area (Å²) in [5.74, 6) is 4.06. The number of aliphatic carboxylic acids is 1. The lowest BCUT2D eigenvalue weighted by molar-refractivity contribution is -0.131. The molecule has 1 saturated carbocycles. The van der Waals surface area contributed by atoms with Crippen LogP contribution in [-0.2, 0) is 4.79 Å². The first-order valence-electron chi connectivity index (χ1n) is 4.91. The number of aliphatic hydroxyl groups is 1. The normalized spacial score (nSPS) is 21.0. The van der Waals surface area contributed by atoms with E-state index in [1.54, 1.807) is 6.92 Å². The summed E-state index contributed by atoms with van der Waals surface area (Å²) in [6.07, 6.45) is 2.23. The largest absolute Gasteiger partial charge is 0.478 e. The zero-order chi connectivity index (χ0) is 12.4. The number of allylic oxidation sites excluding steroid dienone is 1. The minimum atomic E-state index is -1.38. The van der Waals surface area contributed by atoms with Gasteiger partial charge in [-0.3, -0.25) is 0 Å². The molecule has 0 aromatic heterocycles. The Morgan fingerprint density at radius 1 is 1.56 bits per heavy atom. The Labute approximate surface area is 94.2 Å². The zero-order valence-electron chi connectivity index (χ0n) is 9.24. The van der Waals surface area contributed by atoms with Gasteiger partial charge in [0.25, 0.3) is 0 Å². The smallest absolute Gasteiger partial charge is 0.329 e. The average molecular weight is 219 g/mol. The van der Waals surface area contributed by atoms with E-state index >= 15 is 0 Å². The highest BCUT2D eigenvalue weighted by Crippen LogP contribution is 2.53. The molecular weight excluding hydrogens is 206 g/mol. The molecule has 1 aliphatic carbocycles. The van der Waals surface area contributed by atoms with Crippen LogP contribution in [0.3, 0.4) is 0 Å². The summed E-state index contributed by atoms with van der Waals surface area (Å²) in [4.78, 5) is 10.3. The van der Waals surface area contributed by atoms with E-state index in [1.165, 1.54) is 6.92 Å². The maximum Gasteiger partial charge on any atom is 0.329 e. The number of nitriles is 1. The number of hydrogen-bond donors (Lipinski definition) is 2. The Balaban J connectivity index is 2.86. The van der Waals surface area contributed by atoms with Gasteiger partial charge in [-0.2, -0.15) is 5.26 Å². The molecule has 16 heavy (non-hydrogen) atoms. The van der Waals surface area contributed by atoms with Gasteiger partial charge in [0.05, 0.1) is 11.5 Å². The molecule has 0 radical (unpaired) electrons. The van der Waals surface area contributed by atoms with Crippen LogP contribution in [0.15, 0.2) is 11.6 Å². The van der Waals surface area contributed by atoms with E-state index < -0.39 is 17.0 Å². The van der Waals surface area contributed by atoms with E-state index in [1.807, 2.05) is 0 Å². The van der Waals surface area contributed by atoms with E-state index in [9.17, 15) is 9.90 Å². The second kappa shape index (κ2) is 4.00. The van der Waals surface area contributed by atoms with Gasteiger partial charge < -0.3 is 10.2 Å². The molecule has 0 aromatic rings. The molecule has 0 heterocycles. The predicted octanol–water partition coefficient (Wildman–Crippen LogP) is 1.08. The van der Waals surface area contributed by atoms with Crippen molar-refractivity contribution in [3.63, 3.8) is 0 Å². The summed E-state index contributed by atoms with van der Waals surface area (Å²) >= 11 is 0. The Morgan fingerprint density at radius 3 is 2.50 bits per heavy atom. The van der Waals surface area contributed by atoms with Gasteiger partial charge in [-0.25, -0.2) is 4.79 Å². The van der Waals surface area contributed by atoms with Gasteiger partial charge in [0.1, 0.15) is 5.60 Å². The number of carboxylic acid groups (broad SMARTS) is 1. The lowest BCUT2D eigenvalue weighted by Crippen LogP contribution is -2.33. The first-order valence-corrected chi connectivity index (χ1v) is 4.91. The van der Waals surface area contributed by atoms with Crippen LogP contribution in [-0.4, -0.2) is 21.8 Å². The van der Waals surface area contributed by atoms with E-state index in [0.717, 1.165) is 6.08 Å². The molecule has 0 saturated heterocycles. The first kappa shape index (κ1) is 12.3. The van der Waals surface area contributed by atoms with Gasteiger partial charge in [-0.05, 0) is 26.7 Å². The molecule has 2 N–H and O–H groups in total. The van der Waals surface area contributed by atoms with Crippen LogP contribution in [0.5, 0.6) is 0 Å². The maximum atomic E-state index is 10.3. The predicted molar refractivity (Wildman–Crippen MR) is 57.1 cm³/mol. The van der Waals surface area contributed by atoms with Crippen LogP contribution >= 0.6 is 0 Å². The van der Waals surface area contributed by atoms with Crippen molar-refractivity contribution in [1.29, 1.82) is 5.26 Å². The second-order valence-corrected chi connectivity index (χ2v) is 4.18. The van der Waals surface area contributed by atoms with Crippen LogP contribution in [0.2, 0.25) is 0 Å². The van der Waals surface area contributed by atoms with E-state index in [0.29, 0.717) is 18.4 Å². The van der Waals surface area contributed by atoms with Crippen molar-refractivity contribution in [2.45, 2.75) is 32.3 Å². The van der Waals surface area contributed by atoms with E-state index in [2.05, 4.69) is 17.9 Å². The Bertz CT molecular complexity index is 439. The number of rotatable bonds is 2. The molecule has 4 nitrogen and oxygen atoms in total. The Hall–Kier alpha value is -1.78. The monoisotopic (exact) mass is 219 g/mol. The van der Waals surface area contributed by atoms with Gasteiger partial charge in [0, 0.05) is 11.6 Å². The summed E-state index contributed by atoms with van der Waals surface area (Å²) in [5.41, 5.74) is -1.81. The molecule has 0 aliphatic heterocycles. The summed E-state index contributed by atoms with van der Waals surface area (Å²) in [7, 11) is 0. The standard InChI is InChI=1S/C12H13NO3/c1-9(7-10(14)15)3-4-11(2,16)12(8-13)5-6-12/h7,16H,5-6H2,1-2H3,(H,14,15)/b9-7-/t11-/m1/s1. The fourth-order valence-electron chi connectivity index (χ4n) is 1.39. The zero-order valence-corrected chi connectivity index (χ0v) is 9.24. The third kappa shape index (κ3) is 2.42. The van der Waals surface area contributed by atoms with Crippen molar-refractivity contribution < 1.29 is 15.0 Å². The molecule has 0 unspecified atom stereocenters. The molecule has 84 valence electrons. The van der Waals surface area contributed by atoms with Gasteiger partial charge >= 0.3 is 5.97 Å². The van der Waals surface area contributed by atoms with Crippen LogP contribution in [0, 0.1) is 28.6 Å². The molecule has 1 rings (SSSR count). The highest BCUT2D eigenvalue weighted by Gasteiger charge is 2.56. The lowest BCUT2D eigenvalue weighted by atomic mass is 9.87. The van der Waals surface area contributed by atoms with Crippen molar-refractivity contribution in [2.24, 2.45) is 5.41 Å². The van der Waals surface area contributed by atoms with Crippen molar-refractivity contribution >= 4 is 5.97 Å².